The largest absolute Gasteiger partial charge is 0.394 e. The van der Waals surface area contributed by atoms with Crippen molar-refractivity contribution in [1.29, 1.82) is 0 Å². The predicted molar refractivity (Wildman–Crippen MR) is 141 cm³/mol. The molecule has 8 heteroatoms. The third-order valence-electron chi connectivity index (χ3n) is 6.12. The monoisotopic (exact) mass is 481 g/mol. The Labute approximate surface area is 208 Å². The summed E-state index contributed by atoms with van der Waals surface area (Å²) < 4.78 is 7.33. The van der Waals surface area contributed by atoms with Gasteiger partial charge in [0, 0.05) is 52.8 Å². The van der Waals surface area contributed by atoms with Crippen molar-refractivity contribution in [1.82, 2.24) is 14.5 Å². The van der Waals surface area contributed by atoms with Crippen LogP contribution in [-0.4, -0.2) is 51.9 Å². The molecule has 3 aromatic heterocycles. The van der Waals surface area contributed by atoms with E-state index in [1.54, 1.807) is 12.3 Å². The molecule has 5 aromatic rings. The third kappa shape index (κ3) is 4.51. The van der Waals surface area contributed by atoms with Gasteiger partial charge in [0.2, 0.25) is 0 Å². The van der Waals surface area contributed by atoms with Crippen LogP contribution < -0.4 is 11.1 Å². The number of hydrogen-bond donors (Lipinski definition) is 3. The number of amides is 1. The van der Waals surface area contributed by atoms with Gasteiger partial charge in [0.25, 0.3) is 5.91 Å². The number of aryl methyl sites for hydroxylation is 1. The first kappa shape index (κ1) is 23.5. The quantitative estimate of drug-likeness (QED) is 0.273. The van der Waals surface area contributed by atoms with E-state index in [0.717, 1.165) is 44.3 Å². The van der Waals surface area contributed by atoms with Crippen LogP contribution in [0.3, 0.4) is 0 Å². The molecule has 4 N–H and O–H groups in total. The fraction of sp³-hybridized carbons (Fsp3) is 0.179. The minimum Gasteiger partial charge on any atom is -0.394 e. The molecule has 36 heavy (non-hydrogen) atoms. The summed E-state index contributed by atoms with van der Waals surface area (Å²) >= 11 is 0. The molecule has 0 aliphatic carbocycles. The maximum absolute atomic E-state index is 12.0. The number of carbonyl (C=O) groups is 1. The van der Waals surface area contributed by atoms with Gasteiger partial charge < -0.3 is 25.5 Å². The summed E-state index contributed by atoms with van der Waals surface area (Å²) in [7, 11) is 0. The number of nitrogens with two attached hydrogens (primary N) is 1. The lowest BCUT2D eigenvalue weighted by Gasteiger charge is -2.13. The van der Waals surface area contributed by atoms with Gasteiger partial charge in [-0.15, -0.1) is 0 Å². The minimum absolute atomic E-state index is 0.0354. The second-order valence-electron chi connectivity index (χ2n) is 8.51. The van der Waals surface area contributed by atoms with E-state index in [2.05, 4.69) is 29.4 Å². The zero-order chi connectivity index (χ0) is 25.1. The van der Waals surface area contributed by atoms with Crippen molar-refractivity contribution in [3.8, 4) is 16.8 Å². The number of aliphatic hydroxyl groups excluding tert-OH is 1. The number of aliphatic hydroxyl groups is 1. The van der Waals surface area contributed by atoms with Gasteiger partial charge in [0.1, 0.15) is 5.65 Å². The van der Waals surface area contributed by atoms with Gasteiger partial charge in [-0.3, -0.25) is 9.78 Å². The fourth-order valence-electron chi connectivity index (χ4n) is 4.46. The molecule has 0 spiro atoms. The van der Waals surface area contributed by atoms with E-state index in [1.807, 2.05) is 53.4 Å². The predicted octanol–water partition coefficient (Wildman–Crippen LogP) is 4.07. The first-order valence-corrected chi connectivity index (χ1v) is 11.8. The number of pyridine rings is 2. The van der Waals surface area contributed by atoms with Gasteiger partial charge in [-0.05, 0) is 54.4 Å². The molecule has 0 bridgehead atoms. The number of benzene rings is 2. The van der Waals surface area contributed by atoms with Gasteiger partial charge in [0.15, 0.2) is 0 Å². The van der Waals surface area contributed by atoms with Crippen molar-refractivity contribution in [2.45, 2.75) is 6.92 Å². The van der Waals surface area contributed by atoms with Crippen LogP contribution in [0.25, 0.3) is 38.8 Å². The molecule has 0 aliphatic rings. The van der Waals surface area contributed by atoms with Crippen LogP contribution in [-0.2, 0) is 4.74 Å². The standard InChI is InChI=1S/C28H27N5O3/c1-18-17-33(21-6-7-23(27(29)35)25(15-21)30-10-12-36-13-11-34)28-26(18)22(8-9-31-28)20-14-19-4-2-3-5-24(19)32-16-20/h2-9,14-17,30,34H,10-13H2,1H3,(H2,29,35). The summed E-state index contributed by atoms with van der Waals surface area (Å²) in [6.45, 7) is 3.14. The maximum atomic E-state index is 12.0. The van der Waals surface area contributed by atoms with Gasteiger partial charge in [-0.1, -0.05) is 18.2 Å². The van der Waals surface area contributed by atoms with Crippen molar-refractivity contribution in [2.24, 2.45) is 5.73 Å². The molecule has 0 unspecified atom stereocenters. The molecular formula is C28H27N5O3. The highest BCUT2D eigenvalue weighted by molar-refractivity contribution is 6.00. The van der Waals surface area contributed by atoms with Crippen molar-refractivity contribution >= 4 is 33.5 Å². The summed E-state index contributed by atoms with van der Waals surface area (Å²) in [6.07, 6.45) is 5.75. The summed E-state index contributed by atoms with van der Waals surface area (Å²) in [5, 5.41) is 14.2. The zero-order valence-corrected chi connectivity index (χ0v) is 19.9. The van der Waals surface area contributed by atoms with Gasteiger partial charge in [-0.25, -0.2) is 4.98 Å². The number of hydrogen-bond acceptors (Lipinski definition) is 6. The second-order valence-corrected chi connectivity index (χ2v) is 8.51. The normalized spacial score (nSPS) is 11.3. The number of rotatable bonds is 9. The average molecular weight is 482 g/mol. The summed E-state index contributed by atoms with van der Waals surface area (Å²) in [5.74, 6) is -0.516. The molecule has 0 saturated carbocycles. The molecule has 0 atom stereocenters. The average Bonchev–Trinajstić information content (AvgIpc) is 3.24. The lowest BCUT2D eigenvalue weighted by atomic mass is 10.0. The first-order chi connectivity index (χ1) is 17.6. The van der Waals surface area contributed by atoms with Crippen LogP contribution in [0.2, 0.25) is 0 Å². The van der Waals surface area contributed by atoms with E-state index in [1.165, 1.54) is 0 Å². The Hall–Kier alpha value is -4.27. The van der Waals surface area contributed by atoms with Crippen LogP contribution in [0, 0.1) is 6.92 Å². The van der Waals surface area contributed by atoms with Gasteiger partial charge >= 0.3 is 0 Å². The Morgan fingerprint density at radius 3 is 2.81 bits per heavy atom. The lowest BCUT2D eigenvalue weighted by molar-refractivity contribution is 0.0989. The second kappa shape index (κ2) is 10.2. The highest BCUT2D eigenvalue weighted by atomic mass is 16.5. The van der Waals surface area contributed by atoms with E-state index < -0.39 is 5.91 Å². The van der Waals surface area contributed by atoms with E-state index in [-0.39, 0.29) is 13.2 Å². The number of carbonyl (C=O) groups excluding carboxylic acids is 1. The van der Waals surface area contributed by atoms with E-state index in [9.17, 15) is 4.79 Å². The van der Waals surface area contributed by atoms with Crippen LogP contribution in [0.4, 0.5) is 5.69 Å². The molecule has 0 saturated heterocycles. The fourth-order valence-corrected chi connectivity index (χ4v) is 4.46. The van der Waals surface area contributed by atoms with Gasteiger partial charge in [-0.2, -0.15) is 0 Å². The zero-order valence-electron chi connectivity index (χ0n) is 19.9. The smallest absolute Gasteiger partial charge is 0.250 e. The van der Waals surface area contributed by atoms with Crippen LogP contribution in [0.1, 0.15) is 15.9 Å². The summed E-state index contributed by atoms with van der Waals surface area (Å²) in [4.78, 5) is 21.3. The van der Waals surface area contributed by atoms with Crippen LogP contribution in [0.5, 0.6) is 0 Å². The van der Waals surface area contributed by atoms with E-state index in [0.29, 0.717) is 24.4 Å². The Balaban J connectivity index is 1.56. The van der Waals surface area contributed by atoms with Crippen molar-refractivity contribution in [3.05, 3.63) is 84.3 Å². The number of para-hydroxylation sites is 1. The highest BCUT2D eigenvalue weighted by Crippen LogP contribution is 2.34. The van der Waals surface area contributed by atoms with Crippen molar-refractivity contribution in [2.75, 3.05) is 31.7 Å². The number of anilines is 1. The third-order valence-corrected chi connectivity index (χ3v) is 6.12. The Morgan fingerprint density at radius 1 is 1.11 bits per heavy atom. The lowest BCUT2D eigenvalue weighted by Crippen LogP contribution is -2.17. The van der Waals surface area contributed by atoms with Crippen molar-refractivity contribution in [3.63, 3.8) is 0 Å². The number of nitrogens with one attached hydrogen (secondary N) is 1. The Kier molecular flexibility index (Phi) is 6.62. The molecule has 0 radical (unpaired) electrons. The molecule has 1 amide bonds. The highest BCUT2D eigenvalue weighted by Gasteiger charge is 2.16. The molecule has 2 aromatic carbocycles. The van der Waals surface area contributed by atoms with Gasteiger partial charge in [0.05, 0.1) is 30.9 Å². The molecule has 8 nitrogen and oxygen atoms in total. The van der Waals surface area contributed by atoms with E-state index >= 15 is 0 Å². The minimum atomic E-state index is -0.516. The molecular weight excluding hydrogens is 454 g/mol. The molecule has 3 heterocycles. The first-order valence-electron chi connectivity index (χ1n) is 11.8. The van der Waals surface area contributed by atoms with Crippen LogP contribution >= 0.6 is 0 Å². The number of fused-ring (bicyclic) bond motifs is 2. The molecule has 0 aliphatic heterocycles. The molecule has 5 rings (SSSR count). The molecule has 182 valence electrons. The summed E-state index contributed by atoms with van der Waals surface area (Å²) in [5.41, 5.74) is 12.4. The number of aromatic nitrogens is 3. The summed E-state index contributed by atoms with van der Waals surface area (Å²) in [6, 6.07) is 17.7. The van der Waals surface area contributed by atoms with E-state index in [4.69, 9.17) is 20.6 Å². The Bertz CT molecular complexity index is 1560. The maximum Gasteiger partial charge on any atom is 0.250 e. The number of primary amides is 1. The molecule has 0 fully saturated rings. The Morgan fingerprint density at radius 2 is 1.97 bits per heavy atom. The SMILES string of the molecule is Cc1cn(-c2ccc(C(N)=O)c(NCCOCCO)c2)c2nccc(-c3cnc4ccccc4c3)c12. The topological polar surface area (TPSA) is 115 Å². The van der Waals surface area contributed by atoms with Crippen LogP contribution in [0.15, 0.2) is 73.2 Å². The number of ether oxygens (including phenoxy) is 1. The van der Waals surface area contributed by atoms with Crippen molar-refractivity contribution < 1.29 is 14.6 Å². The number of nitrogens with zero attached hydrogens (tertiary/aromatic N) is 3.